The molecule has 0 bridgehead atoms. The van der Waals surface area contributed by atoms with Crippen molar-refractivity contribution < 1.29 is 4.39 Å². The number of hydrogen-bond donors (Lipinski definition) is 2. The van der Waals surface area contributed by atoms with Crippen molar-refractivity contribution in [2.24, 2.45) is 11.8 Å². The molecule has 0 saturated heterocycles. The van der Waals surface area contributed by atoms with Gasteiger partial charge in [-0.2, -0.15) is 5.10 Å². The van der Waals surface area contributed by atoms with E-state index in [2.05, 4.69) is 15.1 Å². The second-order valence-corrected chi connectivity index (χ2v) is 6.77. The molecular weight excluding hydrogens is 311 g/mol. The molecule has 2 N–H and O–H groups in total. The molecule has 2 saturated carbocycles. The smallest absolute Gasteiger partial charge is 0.313 e. The quantitative estimate of drug-likeness (QED) is 0.772. The zero-order valence-corrected chi connectivity index (χ0v) is 12.8. The number of hydrogen-bond acceptors (Lipinski definition) is 3. The number of nitrogens with one attached hydrogen (secondary N) is 2. The molecule has 6 nitrogen and oxygen atoms in total. The van der Waals surface area contributed by atoms with Crippen LogP contribution in [0.4, 0.5) is 4.39 Å². The SMILES string of the molecule is O=c1[nH]cc(-c2cc(C3CC3C3CC3)c3c(F)ccn3n2)c(=O)[nH]1. The van der Waals surface area contributed by atoms with Crippen molar-refractivity contribution in [3.8, 4) is 11.3 Å². The lowest BCUT2D eigenvalue weighted by Gasteiger charge is -2.08. The molecular formula is C17H15FN4O2. The van der Waals surface area contributed by atoms with E-state index in [0.29, 0.717) is 23.0 Å². The third kappa shape index (κ3) is 2.04. The maximum atomic E-state index is 14.2. The predicted octanol–water partition coefficient (Wildman–Crippen LogP) is 2.03. The lowest BCUT2D eigenvalue weighted by molar-refractivity contribution is 0.635. The van der Waals surface area contributed by atoms with E-state index in [4.69, 9.17) is 0 Å². The number of aromatic amines is 2. The van der Waals surface area contributed by atoms with Crippen LogP contribution in [0.5, 0.6) is 0 Å². The maximum Gasteiger partial charge on any atom is 0.325 e. The molecule has 2 unspecified atom stereocenters. The van der Waals surface area contributed by atoms with Crippen LogP contribution in [0.1, 0.15) is 30.7 Å². The Balaban J connectivity index is 1.70. The van der Waals surface area contributed by atoms with Crippen LogP contribution in [0.25, 0.3) is 16.8 Å². The highest BCUT2D eigenvalue weighted by Gasteiger charge is 2.49. The first-order valence-corrected chi connectivity index (χ1v) is 8.12. The molecule has 24 heavy (non-hydrogen) atoms. The molecule has 2 aliphatic rings. The minimum Gasteiger partial charge on any atom is -0.313 e. The van der Waals surface area contributed by atoms with Gasteiger partial charge in [0.15, 0.2) is 5.82 Å². The Hall–Kier alpha value is -2.70. The summed E-state index contributed by atoms with van der Waals surface area (Å²) < 4.78 is 15.7. The maximum absolute atomic E-state index is 14.2. The summed E-state index contributed by atoms with van der Waals surface area (Å²) >= 11 is 0. The molecule has 2 atom stereocenters. The fourth-order valence-corrected chi connectivity index (χ4v) is 3.74. The van der Waals surface area contributed by atoms with Gasteiger partial charge in [0.1, 0.15) is 5.52 Å². The highest BCUT2D eigenvalue weighted by molar-refractivity contribution is 5.66. The average molecular weight is 326 g/mol. The summed E-state index contributed by atoms with van der Waals surface area (Å²) in [5.41, 5.74) is 1.05. The second-order valence-electron chi connectivity index (χ2n) is 6.77. The minimum absolute atomic E-state index is 0.274. The fraction of sp³-hybridized carbons (Fsp3) is 0.353. The van der Waals surface area contributed by atoms with Crippen LogP contribution in [-0.2, 0) is 0 Å². The number of H-pyrrole nitrogens is 2. The van der Waals surface area contributed by atoms with Crippen molar-refractivity contribution in [2.45, 2.75) is 25.2 Å². The van der Waals surface area contributed by atoms with Crippen molar-refractivity contribution in [3.63, 3.8) is 0 Å². The molecule has 2 fully saturated rings. The van der Waals surface area contributed by atoms with E-state index in [0.717, 1.165) is 17.9 Å². The van der Waals surface area contributed by atoms with Crippen LogP contribution >= 0.6 is 0 Å². The molecule has 0 spiro atoms. The molecule has 0 radical (unpaired) electrons. The Morgan fingerprint density at radius 3 is 2.88 bits per heavy atom. The van der Waals surface area contributed by atoms with Gasteiger partial charge in [0.05, 0.1) is 11.3 Å². The van der Waals surface area contributed by atoms with Gasteiger partial charge in [0.25, 0.3) is 5.56 Å². The summed E-state index contributed by atoms with van der Waals surface area (Å²) in [6.07, 6.45) is 6.50. The first-order chi connectivity index (χ1) is 11.6. The normalized spacial score (nSPS) is 22.9. The van der Waals surface area contributed by atoms with Crippen molar-refractivity contribution in [1.82, 2.24) is 19.6 Å². The van der Waals surface area contributed by atoms with E-state index in [1.165, 1.54) is 29.6 Å². The van der Waals surface area contributed by atoms with E-state index in [-0.39, 0.29) is 11.4 Å². The third-order valence-corrected chi connectivity index (χ3v) is 5.16. The highest BCUT2D eigenvalue weighted by atomic mass is 19.1. The molecule has 5 rings (SSSR count). The number of nitrogens with zero attached hydrogens (tertiary/aromatic N) is 2. The zero-order valence-electron chi connectivity index (χ0n) is 12.8. The van der Waals surface area contributed by atoms with Crippen LogP contribution in [0, 0.1) is 17.7 Å². The van der Waals surface area contributed by atoms with E-state index >= 15 is 0 Å². The van der Waals surface area contributed by atoms with E-state index in [1.54, 1.807) is 12.3 Å². The number of aromatic nitrogens is 4. The van der Waals surface area contributed by atoms with Gasteiger partial charge in [0.2, 0.25) is 0 Å². The lowest BCUT2D eigenvalue weighted by atomic mass is 10.0. The molecule has 3 heterocycles. The van der Waals surface area contributed by atoms with Crippen LogP contribution < -0.4 is 11.2 Å². The lowest BCUT2D eigenvalue weighted by Crippen LogP contribution is -2.23. The van der Waals surface area contributed by atoms with E-state index < -0.39 is 11.2 Å². The minimum atomic E-state index is -0.562. The Morgan fingerprint density at radius 2 is 2.12 bits per heavy atom. The Kier molecular flexibility index (Phi) is 2.66. The number of halogens is 1. The van der Waals surface area contributed by atoms with Gasteiger partial charge >= 0.3 is 5.69 Å². The zero-order chi connectivity index (χ0) is 16.4. The molecule has 3 aromatic rings. The topological polar surface area (TPSA) is 83.0 Å². The predicted molar refractivity (Wildman–Crippen MR) is 85.4 cm³/mol. The molecule has 122 valence electrons. The second kappa shape index (κ2) is 4.66. The molecule has 0 amide bonds. The number of rotatable bonds is 3. The van der Waals surface area contributed by atoms with Gasteiger partial charge < -0.3 is 4.98 Å². The third-order valence-electron chi connectivity index (χ3n) is 5.16. The Morgan fingerprint density at radius 1 is 1.29 bits per heavy atom. The van der Waals surface area contributed by atoms with E-state index in [9.17, 15) is 14.0 Å². The van der Waals surface area contributed by atoms with Crippen LogP contribution in [0.2, 0.25) is 0 Å². The van der Waals surface area contributed by atoms with Gasteiger partial charge in [-0.1, -0.05) is 0 Å². The van der Waals surface area contributed by atoms with Crippen LogP contribution in [0.15, 0.2) is 34.1 Å². The fourth-order valence-electron chi connectivity index (χ4n) is 3.74. The van der Waals surface area contributed by atoms with Gasteiger partial charge in [-0.25, -0.2) is 13.7 Å². The molecule has 3 aromatic heterocycles. The van der Waals surface area contributed by atoms with Crippen LogP contribution in [0.3, 0.4) is 0 Å². The molecule has 2 aliphatic carbocycles. The summed E-state index contributed by atoms with van der Waals surface area (Å²) in [5, 5.41) is 4.35. The highest BCUT2D eigenvalue weighted by Crippen LogP contribution is 2.60. The van der Waals surface area contributed by atoms with E-state index in [1.807, 2.05) is 0 Å². The summed E-state index contributed by atoms with van der Waals surface area (Å²) in [6.45, 7) is 0. The first kappa shape index (κ1) is 13.7. The standard InChI is InChI=1S/C17H15FN4O2/c18-13-3-4-22-15(13)11(10-5-9(10)8-1-2-8)6-14(21-22)12-7-19-17(24)20-16(12)23/h3-4,6-10H,1-2,5H2,(H2,19,20,23,24). The molecule has 7 heteroatoms. The summed E-state index contributed by atoms with van der Waals surface area (Å²) in [7, 11) is 0. The molecule has 0 aliphatic heterocycles. The van der Waals surface area contributed by atoms with Crippen molar-refractivity contribution in [3.05, 3.63) is 56.7 Å². The monoisotopic (exact) mass is 326 g/mol. The first-order valence-electron chi connectivity index (χ1n) is 8.12. The van der Waals surface area contributed by atoms with Crippen molar-refractivity contribution in [2.75, 3.05) is 0 Å². The van der Waals surface area contributed by atoms with Gasteiger partial charge in [-0.15, -0.1) is 0 Å². The Labute approximate surface area is 135 Å². The van der Waals surface area contributed by atoms with Crippen molar-refractivity contribution in [1.29, 1.82) is 0 Å². The number of fused-ring (bicyclic) bond motifs is 1. The Bertz CT molecular complexity index is 1080. The van der Waals surface area contributed by atoms with Gasteiger partial charge in [0, 0.05) is 12.4 Å². The molecule has 0 aromatic carbocycles. The van der Waals surface area contributed by atoms with Crippen LogP contribution in [-0.4, -0.2) is 19.6 Å². The van der Waals surface area contributed by atoms with Gasteiger partial charge in [-0.3, -0.25) is 9.78 Å². The summed E-state index contributed by atoms with van der Waals surface area (Å²) in [5.74, 6) is 1.42. The summed E-state index contributed by atoms with van der Waals surface area (Å²) in [6, 6.07) is 3.19. The largest absolute Gasteiger partial charge is 0.325 e. The van der Waals surface area contributed by atoms with Gasteiger partial charge in [-0.05, 0) is 54.7 Å². The van der Waals surface area contributed by atoms with Crippen molar-refractivity contribution >= 4 is 5.52 Å². The summed E-state index contributed by atoms with van der Waals surface area (Å²) in [4.78, 5) is 27.9. The average Bonchev–Trinajstić information content (AvgIpc) is 3.43.